The zero-order valence-electron chi connectivity index (χ0n) is 12.7. The minimum Gasteiger partial charge on any atom is -0.339 e. The van der Waals surface area contributed by atoms with E-state index in [9.17, 15) is 9.59 Å². The van der Waals surface area contributed by atoms with E-state index >= 15 is 0 Å². The molecule has 114 valence electrons. The number of nitrogens with zero attached hydrogens (tertiary/aromatic N) is 1. The van der Waals surface area contributed by atoms with Crippen LogP contribution in [-0.2, 0) is 4.79 Å². The van der Waals surface area contributed by atoms with Crippen molar-refractivity contribution in [3.8, 4) is 0 Å². The maximum atomic E-state index is 12.4. The van der Waals surface area contributed by atoms with Crippen LogP contribution in [0, 0.1) is 5.92 Å². The first-order chi connectivity index (χ1) is 10.1. The average Bonchev–Trinajstić information content (AvgIpc) is 2.48. The lowest BCUT2D eigenvalue weighted by Crippen LogP contribution is -2.37. The number of benzene rings is 1. The Balaban J connectivity index is 1.95. The van der Waals surface area contributed by atoms with Crippen LogP contribution in [0.4, 0.5) is 5.69 Å². The molecule has 21 heavy (non-hydrogen) atoms. The Morgan fingerprint density at radius 1 is 1.19 bits per heavy atom. The van der Waals surface area contributed by atoms with Crippen molar-refractivity contribution in [3.63, 3.8) is 0 Å². The minimum absolute atomic E-state index is 0.0787. The molecule has 5 heteroatoms. The first-order valence-corrected chi connectivity index (χ1v) is 7.44. The molecule has 0 aromatic heterocycles. The molecule has 1 aromatic rings. The van der Waals surface area contributed by atoms with Gasteiger partial charge in [0.05, 0.1) is 6.54 Å². The van der Waals surface area contributed by atoms with Crippen molar-refractivity contribution >= 4 is 17.5 Å². The van der Waals surface area contributed by atoms with E-state index in [1.807, 2.05) is 4.90 Å². The van der Waals surface area contributed by atoms with Gasteiger partial charge in [0.1, 0.15) is 0 Å². The molecule has 0 bridgehead atoms. The molecule has 0 saturated carbocycles. The molecule has 1 aliphatic rings. The summed E-state index contributed by atoms with van der Waals surface area (Å²) >= 11 is 0. The third-order valence-electron chi connectivity index (χ3n) is 3.82. The van der Waals surface area contributed by atoms with Crippen LogP contribution in [0.2, 0.25) is 0 Å². The highest BCUT2D eigenvalue weighted by Gasteiger charge is 2.21. The predicted octanol–water partition coefficient (Wildman–Crippen LogP) is 1.72. The van der Waals surface area contributed by atoms with Gasteiger partial charge in [-0.15, -0.1) is 0 Å². The van der Waals surface area contributed by atoms with Crippen molar-refractivity contribution in [3.05, 3.63) is 29.8 Å². The molecule has 0 aliphatic carbocycles. The van der Waals surface area contributed by atoms with Crippen LogP contribution in [-0.4, -0.2) is 43.4 Å². The molecule has 1 heterocycles. The van der Waals surface area contributed by atoms with Gasteiger partial charge in [-0.2, -0.15) is 0 Å². The number of nitrogens with one attached hydrogen (secondary N) is 2. The number of carbonyl (C=O) groups excluding carboxylic acids is 2. The minimum atomic E-state index is -0.0957. The molecule has 1 aliphatic heterocycles. The Morgan fingerprint density at radius 2 is 1.81 bits per heavy atom. The molecule has 0 atom stereocenters. The van der Waals surface area contributed by atoms with Gasteiger partial charge in [0.25, 0.3) is 5.91 Å². The molecule has 2 rings (SSSR count). The normalized spacial score (nSPS) is 15.8. The Bertz CT molecular complexity index is 491. The largest absolute Gasteiger partial charge is 0.339 e. The second-order valence-corrected chi connectivity index (χ2v) is 5.63. The first-order valence-electron chi connectivity index (χ1n) is 7.44. The summed E-state index contributed by atoms with van der Waals surface area (Å²) in [6.45, 7) is 4.17. The molecular formula is C16H23N3O2. The summed E-state index contributed by atoms with van der Waals surface area (Å²) in [5.74, 6) is 0.690. The second-order valence-electron chi connectivity index (χ2n) is 5.63. The third-order valence-corrected chi connectivity index (χ3v) is 3.82. The quantitative estimate of drug-likeness (QED) is 0.887. The van der Waals surface area contributed by atoms with Crippen molar-refractivity contribution in [2.75, 3.05) is 32.0 Å². The first kappa shape index (κ1) is 15.5. The molecule has 1 aromatic carbocycles. The monoisotopic (exact) mass is 289 g/mol. The fraction of sp³-hybridized carbons (Fsp3) is 0.500. The topological polar surface area (TPSA) is 61.4 Å². The van der Waals surface area contributed by atoms with Gasteiger partial charge in [0.15, 0.2) is 0 Å². The number of likely N-dealkylation sites (N-methyl/N-ethyl adjacent to an activating group) is 1. The van der Waals surface area contributed by atoms with E-state index in [1.54, 1.807) is 31.3 Å². The summed E-state index contributed by atoms with van der Waals surface area (Å²) in [6, 6.07) is 7.09. The Hall–Kier alpha value is -1.88. The zero-order valence-corrected chi connectivity index (χ0v) is 12.7. The van der Waals surface area contributed by atoms with Crippen LogP contribution in [0.3, 0.4) is 0 Å². The van der Waals surface area contributed by atoms with E-state index in [1.165, 1.54) is 0 Å². The lowest BCUT2D eigenvalue weighted by Gasteiger charge is -2.30. The van der Waals surface area contributed by atoms with Crippen molar-refractivity contribution in [2.45, 2.75) is 19.8 Å². The van der Waals surface area contributed by atoms with Crippen molar-refractivity contribution in [1.29, 1.82) is 0 Å². The smallest absolute Gasteiger partial charge is 0.253 e. The molecule has 1 fully saturated rings. The highest BCUT2D eigenvalue weighted by Crippen LogP contribution is 2.19. The zero-order chi connectivity index (χ0) is 15.2. The molecule has 0 unspecified atom stereocenters. The SMILES string of the molecule is CNCC(=O)Nc1ccc(C(=O)N2CCC(C)CC2)cc1. The highest BCUT2D eigenvalue weighted by molar-refractivity contribution is 5.96. The Labute approximate surface area is 125 Å². The molecule has 2 N–H and O–H groups in total. The number of hydrogen-bond donors (Lipinski definition) is 2. The number of piperidine rings is 1. The number of rotatable bonds is 4. The second kappa shape index (κ2) is 7.22. The molecule has 5 nitrogen and oxygen atoms in total. The van der Waals surface area contributed by atoms with E-state index in [0.717, 1.165) is 25.9 Å². The van der Waals surface area contributed by atoms with Crippen LogP contribution in [0.15, 0.2) is 24.3 Å². The van der Waals surface area contributed by atoms with Gasteiger partial charge >= 0.3 is 0 Å². The number of amides is 2. The maximum Gasteiger partial charge on any atom is 0.253 e. The van der Waals surface area contributed by atoms with Crippen molar-refractivity contribution in [2.24, 2.45) is 5.92 Å². The van der Waals surface area contributed by atoms with E-state index in [2.05, 4.69) is 17.6 Å². The van der Waals surface area contributed by atoms with Crippen molar-refractivity contribution in [1.82, 2.24) is 10.2 Å². The van der Waals surface area contributed by atoms with E-state index in [-0.39, 0.29) is 18.4 Å². The van der Waals surface area contributed by atoms with Crippen LogP contribution < -0.4 is 10.6 Å². The predicted molar refractivity (Wildman–Crippen MR) is 83.3 cm³/mol. The Kier molecular flexibility index (Phi) is 5.33. The van der Waals surface area contributed by atoms with Crippen LogP contribution in [0.5, 0.6) is 0 Å². The van der Waals surface area contributed by atoms with E-state index < -0.39 is 0 Å². The summed E-state index contributed by atoms with van der Waals surface area (Å²) in [6.07, 6.45) is 2.15. The summed E-state index contributed by atoms with van der Waals surface area (Å²) in [5, 5.41) is 5.56. The fourth-order valence-corrected chi connectivity index (χ4v) is 2.46. The summed E-state index contributed by atoms with van der Waals surface area (Å²) in [4.78, 5) is 25.7. The van der Waals surface area contributed by atoms with Gasteiger partial charge in [-0.05, 0) is 50.1 Å². The molecular weight excluding hydrogens is 266 g/mol. The molecule has 0 spiro atoms. The maximum absolute atomic E-state index is 12.4. The van der Waals surface area contributed by atoms with Gasteiger partial charge in [-0.3, -0.25) is 9.59 Å². The molecule has 2 amide bonds. The number of likely N-dealkylation sites (tertiary alicyclic amines) is 1. The van der Waals surface area contributed by atoms with Gasteiger partial charge in [-0.1, -0.05) is 6.92 Å². The lowest BCUT2D eigenvalue weighted by molar-refractivity contribution is -0.115. The number of anilines is 1. The standard InChI is InChI=1S/C16H23N3O2/c1-12-7-9-19(10-8-12)16(21)13-3-5-14(6-4-13)18-15(20)11-17-2/h3-6,12,17H,7-11H2,1-2H3,(H,18,20). The van der Waals surface area contributed by atoms with Gasteiger partial charge in [0.2, 0.25) is 5.91 Å². The van der Waals surface area contributed by atoms with Gasteiger partial charge in [-0.25, -0.2) is 0 Å². The number of carbonyl (C=O) groups is 2. The van der Waals surface area contributed by atoms with Crippen LogP contribution in [0.1, 0.15) is 30.1 Å². The van der Waals surface area contributed by atoms with Crippen LogP contribution in [0.25, 0.3) is 0 Å². The summed E-state index contributed by atoms with van der Waals surface area (Å²) < 4.78 is 0. The van der Waals surface area contributed by atoms with Crippen molar-refractivity contribution < 1.29 is 9.59 Å². The fourth-order valence-electron chi connectivity index (χ4n) is 2.46. The average molecular weight is 289 g/mol. The van der Waals surface area contributed by atoms with Gasteiger partial charge in [0, 0.05) is 24.3 Å². The molecule has 1 saturated heterocycles. The van der Waals surface area contributed by atoms with Gasteiger partial charge < -0.3 is 15.5 Å². The Morgan fingerprint density at radius 3 is 2.38 bits per heavy atom. The summed E-state index contributed by atoms with van der Waals surface area (Å²) in [5.41, 5.74) is 1.38. The molecule has 0 radical (unpaired) electrons. The highest BCUT2D eigenvalue weighted by atomic mass is 16.2. The van der Waals surface area contributed by atoms with E-state index in [4.69, 9.17) is 0 Å². The van der Waals surface area contributed by atoms with Crippen LogP contribution >= 0.6 is 0 Å². The van der Waals surface area contributed by atoms with E-state index in [0.29, 0.717) is 17.2 Å². The third kappa shape index (κ3) is 4.29. The lowest BCUT2D eigenvalue weighted by atomic mass is 9.98. The number of hydrogen-bond acceptors (Lipinski definition) is 3. The summed E-state index contributed by atoms with van der Waals surface area (Å²) in [7, 11) is 1.72.